The number of anilines is 2. The first-order valence-corrected chi connectivity index (χ1v) is 11.4. The summed E-state index contributed by atoms with van der Waals surface area (Å²) in [7, 11) is 2.13. The van der Waals surface area contributed by atoms with E-state index in [0.717, 1.165) is 55.3 Å². The highest BCUT2D eigenvalue weighted by molar-refractivity contribution is 6.05. The van der Waals surface area contributed by atoms with Crippen molar-refractivity contribution in [2.24, 2.45) is 4.99 Å². The standard InChI is InChI=1S/C25H30N6O2/c1-16-10-19-4-5-21(17(2)20(19)11-16)33-25-28-23(27-22-12-18(15-32)14-26-22)13-24(29-25)31-8-6-30(3)7-9-31/h4-5,11-13,32H,6-10,14-15H2,1-3H3,(H,26,27,28,29). The quantitative estimate of drug-likeness (QED) is 0.730. The molecular weight excluding hydrogens is 416 g/mol. The molecule has 33 heavy (non-hydrogen) atoms. The first kappa shape index (κ1) is 21.6. The summed E-state index contributed by atoms with van der Waals surface area (Å²) in [5, 5.41) is 12.6. The largest absolute Gasteiger partial charge is 0.424 e. The SMILES string of the molecule is CC1=Cc2c(ccc(Oc3nc(NC4=NCC(CO)=C4)cc(N4CCN(C)CC4)n3)c2C)C1. The molecule has 0 saturated carbocycles. The van der Waals surface area contributed by atoms with Gasteiger partial charge in [-0.3, -0.25) is 4.99 Å². The molecule has 1 aromatic heterocycles. The van der Waals surface area contributed by atoms with E-state index in [9.17, 15) is 5.11 Å². The Morgan fingerprint density at radius 1 is 1.09 bits per heavy atom. The van der Waals surface area contributed by atoms with Gasteiger partial charge < -0.3 is 25.0 Å². The van der Waals surface area contributed by atoms with Crippen LogP contribution in [0, 0.1) is 6.92 Å². The van der Waals surface area contributed by atoms with Crippen LogP contribution in [0.25, 0.3) is 6.08 Å². The molecule has 1 aromatic carbocycles. The molecule has 0 radical (unpaired) electrons. The molecule has 3 aliphatic rings. The van der Waals surface area contributed by atoms with Gasteiger partial charge in [0.25, 0.3) is 0 Å². The van der Waals surface area contributed by atoms with E-state index in [4.69, 9.17) is 9.72 Å². The Kier molecular flexibility index (Phi) is 5.86. The Balaban J connectivity index is 1.45. The fraction of sp³-hybridized carbons (Fsp3) is 0.400. The normalized spacial score (nSPS) is 18.1. The Morgan fingerprint density at radius 3 is 2.67 bits per heavy atom. The van der Waals surface area contributed by atoms with Gasteiger partial charge in [-0.1, -0.05) is 17.7 Å². The lowest BCUT2D eigenvalue weighted by Crippen LogP contribution is -2.44. The number of aromatic nitrogens is 2. The second-order valence-electron chi connectivity index (χ2n) is 9.00. The molecule has 0 spiro atoms. The number of fused-ring (bicyclic) bond motifs is 1. The number of allylic oxidation sites excluding steroid dienone is 1. The molecule has 2 N–H and O–H groups in total. The molecule has 0 bridgehead atoms. The van der Waals surface area contributed by atoms with E-state index in [1.165, 1.54) is 16.7 Å². The van der Waals surface area contributed by atoms with Crippen molar-refractivity contribution in [2.75, 3.05) is 56.6 Å². The Labute approximate surface area is 194 Å². The second-order valence-corrected chi connectivity index (χ2v) is 9.00. The van der Waals surface area contributed by atoms with Gasteiger partial charge >= 0.3 is 6.01 Å². The zero-order valence-electron chi connectivity index (χ0n) is 19.4. The van der Waals surface area contributed by atoms with Crippen LogP contribution in [0.2, 0.25) is 0 Å². The van der Waals surface area contributed by atoms with Crippen LogP contribution in [-0.2, 0) is 6.42 Å². The number of aliphatic hydroxyl groups excluding tert-OH is 1. The van der Waals surface area contributed by atoms with Crippen LogP contribution in [0.15, 0.2) is 40.4 Å². The molecule has 1 fully saturated rings. The number of hydrogen-bond acceptors (Lipinski definition) is 8. The summed E-state index contributed by atoms with van der Waals surface area (Å²) in [6.07, 6.45) is 5.08. The minimum absolute atomic E-state index is 0.00485. The monoisotopic (exact) mass is 446 g/mol. The van der Waals surface area contributed by atoms with Gasteiger partial charge in [0.2, 0.25) is 0 Å². The highest BCUT2D eigenvalue weighted by Gasteiger charge is 2.20. The van der Waals surface area contributed by atoms with Crippen molar-refractivity contribution >= 4 is 23.5 Å². The Morgan fingerprint density at radius 2 is 1.91 bits per heavy atom. The molecule has 172 valence electrons. The maximum Gasteiger partial charge on any atom is 0.325 e. The van der Waals surface area contributed by atoms with Crippen molar-refractivity contribution in [1.29, 1.82) is 0 Å². The number of benzene rings is 1. The van der Waals surface area contributed by atoms with E-state index in [2.05, 4.69) is 58.1 Å². The predicted molar refractivity (Wildman–Crippen MR) is 131 cm³/mol. The van der Waals surface area contributed by atoms with Crippen LogP contribution in [0.3, 0.4) is 0 Å². The molecular formula is C25H30N6O2. The van der Waals surface area contributed by atoms with Crippen LogP contribution in [0.4, 0.5) is 11.6 Å². The number of piperazine rings is 1. The maximum absolute atomic E-state index is 9.37. The summed E-state index contributed by atoms with van der Waals surface area (Å²) in [5.41, 5.74) is 5.90. The summed E-state index contributed by atoms with van der Waals surface area (Å²) in [6, 6.07) is 6.38. The molecule has 0 atom stereocenters. The minimum atomic E-state index is 0.00485. The van der Waals surface area contributed by atoms with Crippen LogP contribution in [0.5, 0.6) is 11.8 Å². The number of amidine groups is 1. The van der Waals surface area contributed by atoms with Gasteiger partial charge in [0.05, 0.1) is 13.2 Å². The van der Waals surface area contributed by atoms with Gasteiger partial charge in [0.15, 0.2) is 0 Å². The lowest BCUT2D eigenvalue weighted by atomic mass is 10.0. The van der Waals surface area contributed by atoms with Crippen LogP contribution >= 0.6 is 0 Å². The van der Waals surface area contributed by atoms with Crippen LogP contribution < -0.4 is 15.0 Å². The van der Waals surface area contributed by atoms with E-state index in [-0.39, 0.29) is 6.61 Å². The summed E-state index contributed by atoms with van der Waals surface area (Å²) in [5.74, 6) is 2.90. The number of rotatable bonds is 5. The van der Waals surface area contributed by atoms with E-state index in [1.807, 2.05) is 18.2 Å². The highest BCUT2D eigenvalue weighted by Crippen LogP contribution is 2.35. The molecule has 2 aromatic rings. The van der Waals surface area contributed by atoms with E-state index >= 15 is 0 Å². The van der Waals surface area contributed by atoms with Crippen molar-refractivity contribution in [3.05, 3.63) is 52.1 Å². The zero-order chi connectivity index (χ0) is 22.9. The van der Waals surface area contributed by atoms with Gasteiger partial charge in [-0.15, -0.1) is 0 Å². The number of aliphatic imine (C=N–C) groups is 1. The number of aliphatic hydroxyl groups is 1. The van der Waals surface area contributed by atoms with E-state index in [0.29, 0.717) is 24.2 Å². The maximum atomic E-state index is 9.37. The van der Waals surface area contributed by atoms with Gasteiger partial charge in [-0.05, 0) is 61.7 Å². The second kappa shape index (κ2) is 8.96. The number of nitrogens with zero attached hydrogens (tertiary/aromatic N) is 5. The topological polar surface area (TPSA) is 86.1 Å². The van der Waals surface area contributed by atoms with Crippen LogP contribution in [0.1, 0.15) is 23.6 Å². The van der Waals surface area contributed by atoms with Crippen molar-refractivity contribution in [3.63, 3.8) is 0 Å². The third-order valence-corrected chi connectivity index (χ3v) is 6.39. The Bertz CT molecular complexity index is 1160. The predicted octanol–water partition coefficient (Wildman–Crippen LogP) is 3.03. The number of nitrogens with one attached hydrogen (secondary N) is 1. The zero-order valence-corrected chi connectivity index (χ0v) is 19.4. The molecule has 1 saturated heterocycles. The molecule has 2 aliphatic heterocycles. The molecule has 1 aliphatic carbocycles. The minimum Gasteiger partial charge on any atom is -0.424 e. The van der Waals surface area contributed by atoms with Crippen molar-refractivity contribution < 1.29 is 9.84 Å². The first-order valence-electron chi connectivity index (χ1n) is 11.4. The average Bonchev–Trinajstić information content (AvgIpc) is 3.42. The lowest BCUT2D eigenvalue weighted by Gasteiger charge is -2.33. The molecule has 0 unspecified atom stereocenters. The van der Waals surface area contributed by atoms with Crippen LogP contribution in [-0.4, -0.2) is 72.2 Å². The molecule has 0 amide bonds. The van der Waals surface area contributed by atoms with E-state index < -0.39 is 0 Å². The van der Waals surface area contributed by atoms with Crippen molar-refractivity contribution in [3.8, 4) is 11.8 Å². The molecule has 5 rings (SSSR count). The summed E-state index contributed by atoms with van der Waals surface area (Å²) in [4.78, 5) is 18.4. The van der Waals surface area contributed by atoms with Crippen molar-refractivity contribution in [2.45, 2.75) is 20.3 Å². The fourth-order valence-corrected chi connectivity index (χ4v) is 4.42. The summed E-state index contributed by atoms with van der Waals surface area (Å²) < 4.78 is 6.25. The van der Waals surface area contributed by atoms with Gasteiger partial charge in [0.1, 0.15) is 23.2 Å². The number of hydrogen-bond donors (Lipinski definition) is 2. The fourth-order valence-electron chi connectivity index (χ4n) is 4.42. The third kappa shape index (κ3) is 4.62. The number of likely N-dealkylation sites (N-methyl/N-ethyl adjacent to an activating group) is 1. The average molecular weight is 447 g/mol. The third-order valence-electron chi connectivity index (χ3n) is 6.39. The van der Waals surface area contributed by atoms with E-state index in [1.54, 1.807) is 0 Å². The van der Waals surface area contributed by atoms with Crippen molar-refractivity contribution in [1.82, 2.24) is 14.9 Å². The molecule has 3 heterocycles. The molecule has 8 nitrogen and oxygen atoms in total. The smallest absolute Gasteiger partial charge is 0.325 e. The lowest BCUT2D eigenvalue weighted by molar-refractivity contribution is 0.311. The van der Waals surface area contributed by atoms with Gasteiger partial charge in [-0.2, -0.15) is 9.97 Å². The number of ether oxygens (including phenoxy) is 1. The molecule has 8 heteroatoms. The summed E-state index contributed by atoms with van der Waals surface area (Å²) in [6.45, 7) is 8.49. The van der Waals surface area contributed by atoms with Gasteiger partial charge in [0, 0.05) is 32.2 Å². The summed E-state index contributed by atoms with van der Waals surface area (Å²) >= 11 is 0. The first-order chi connectivity index (χ1) is 16.0. The Hall–Kier alpha value is -3.23. The highest BCUT2D eigenvalue weighted by atomic mass is 16.5. The van der Waals surface area contributed by atoms with Gasteiger partial charge in [-0.25, -0.2) is 0 Å².